The van der Waals surface area contributed by atoms with Crippen molar-refractivity contribution in [2.24, 2.45) is 5.10 Å². The van der Waals surface area contributed by atoms with Crippen molar-refractivity contribution in [2.45, 2.75) is 33.1 Å². The van der Waals surface area contributed by atoms with Crippen molar-refractivity contribution >= 4 is 28.1 Å². The first kappa shape index (κ1) is 21.8. The van der Waals surface area contributed by atoms with E-state index in [0.29, 0.717) is 23.7 Å². The summed E-state index contributed by atoms with van der Waals surface area (Å²) in [7, 11) is 0. The molecule has 0 fully saturated rings. The van der Waals surface area contributed by atoms with E-state index in [1.165, 1.54) is 11.8 Å². The molecule has 0 spiro atoms. The van der Waals surface area contributed by atoms with Gasteiger partial charge >= 0.3 is 0 Å². The van der Waals surface area contributed by atoms with Crippen LogP contribution >= 0.6 is 15.9 Å². The van der Waals surface area contributed by atoms with Crippen molar-refractivity contribution < 1.29 is 19.4 Å². The number of ether oxygens (including phenoxy) is 2. The monoisotopic (exact) mass is 448 g/mol. The van der Waals surface area contributed by atoms with E-state index in [2.05, 4.69) is 47.2 Å². The predicted octanol–water partition coefficient (Wildman–Crippen LogP) is 4.38. The molecule has 0 atom stereocenters. The van der Waals surface area contributed by atoms with Gasteiger partial charge in [-0.05, 0) is 42.2 Å². The number of halogens is 1. The van der Waals surface area contributed by atoms with Crippen LogP contribution in [0.5, 0.6) is 17.2 Å². The van der Waals surface area contributed by atoms with E-state index >= 15 is 0 Å². The molecule has 0 aliphatic rings. The van der Waals surface area contributed by atoms with Gasteiger partial charge in [0.05, 0.1) is 12.8 Å². The van der Waals surface area contributed by atoms with Crippen LogP contribution in [0.3, 0.4) is 0 Å². The zero-order valence-electron chi connectivity index (χ0n) is 16.5. The molecule has 0 radical (unpaired) electrons. The fourth-order valence-electron chi connectivity index (χ4n) is 2.36. The Kier molecular flexibility index (Phi) is 7.45. The van der Waals surface area contributed by atoms with Crippen molar-refractivity contribution in [1.29, 1.82) is 0 Å². The van der Waals surface area contributed by atoms with E-state index in [9.17, 15) is 9.90 Å². The lowest BCUT2D eigenvalue weighted by Gasteiger charge is -2.19. The number of rotatable bonds is 7. The minimum absolute atomic E-state index is 0.0433. The third kappa shape index (κ3) is 6.27. The van der Waals surface area contributed by atoms with Gasteiger partial charge in [0, 0.05) is 10.0 Å². The maximum atomic E-state index is 11.9. The lowest BCUT2D eigenvalue weighted by molar-refractivity contribution is -0.123. The summed E-state index contributed by atoms with van der Waals surface area (Å²) >= 11 is 3.35. The van der Waals surface area contributed by atoms with Crippen molar-refractivity contribution in [3.8, 4) is 17.2 Å². The van der Waals surface area contributed by atoms with Gasteiger partial charge in [-0.15, -0.1) is 0 Å². The summed E-state index contributed by atoms with van der Waals surface area (Å²) in [5, 5.41) is 14.0. The number of hydrazone groups is 1. The fourth-order valence-corrected chi connectivity index (χ4v) is 2.82. The third-order valence-corrected chi connectivity index (χ3v) is 4.31. The molecule has 2 aromatic carbocycles. The van der Waals surface area contributed by atoms with Crippen LogP contribution in [0.25, 0.3) is 0 Å². The molecule has 2 aromatic rings. The van der Waals surface area contributed by atoms with Gasteiger partial charge in [0.15, 0.2) is 18.1 Å². The summed E-state index contributed by atoms with van der Waals surface area (Å²) in [6, 6.07) is 11.0. The number of aromatic hydroxyl groups is 1. The molecule has 7 heteroatoms. The summed E-state index contributed by atoms with van der Waals surface area (Å²) in [4.78, 5) is 11.9. The summed E-state index contributed by atoms with van der Waals surface area (Å²) in [5.74, 6) is 0.499. The van der Waals surface area contributed by atoms with Gasteiger partial charge in [-0.1, -0.05) is 48.8 Å². The SMILES string of the molecule is CCOc1cc(Br)cc(/C=N\NC(=O)COc2ccc(C(C)(C)C)cc2)c1O. The van der Waals surface area contributed by atoms with Gasteiger partial charge in [-0.2, -0.15) is 5.10 Å². The molecule has 2 rings (SSSR count). The molecule has 0 saturated heterocycles. The summed E-state index contributed by atoms with van der Waals surface area (Å²) in [5.41, 5.74) is 4.04. The molecular weight excluding hydrogens is 424 g/mol. The highest BCUT2D eigenvalue weighted by Crippen LogP contribution is 2.32. The van der Waals surface area contributed by atoms with Crippen molar-refractivity contribution in [3.63, 3.8) is 0 Å². The number of carbonyl (C=O) groups is 1. The quantitative estimate of drug-likeness (QED) is 0.486. The van der Waals surface area contributed by atoms with Crippen LogP contribution in [0.1, 0.15) is 38.8 Å². The molecule has 0 unspecified atom stereocenters. The van der Waals surface area contributed by atoms with E-state index in [1.54, 1.807) is 12.1 Å². The van der Waals surface area contributed by atoms with Crippen molar-refractivity contribution in [3.05, 3.63) is 52.0 Å². The van der Waals surface area contributed by atoms with Crippen LogP contribution in [0.15, 0.2) is 46.0 Å². The maximum Gasteiger partial charge on any atom is 0.277 e. The zero-order chi connectivity index (χ0) is 20.7. The Morgan fingerprint density at radius 1 is 1.21 bits per heavy atom. The first-order chi connectivity index (χ1) is 13.2. The number of benzene rings is 2. The van der Waals surface area contributed by atoms with Crippen molar-refractivity contribution in [1.82, 2.24) is 5.43 Å². The molecule has 0 aliphatic heterocycles. The second kappa shape index (κ2) is 9.59. The number of hydrogen-bond donors (Lipinski definition) is 2. The number of hydrogen-bond acceptors (Lipinski definition) is 5. The highest BCUT2D eigenvalue weighted by molar-refractivity contribution is 9.10. The minimum atomic E-state index is -0.407. The summed E-state index contributed by atoms with van der Waals surface area (Å²) < 4.78 is 11.5. The van der Waals surface area contributed by atoms with Crippen LogP contribution < -0.4 is 14.9 Å². The summed E-state index contributed by atoms with van der Waals surface area (Å²) in [6.45, 7) is 8.48. The van der Waals surface area contributed by atoms with E-state index in [1.807, 2.05) is 31.2 Å². The Morgan fingerprint density at radius 3 is 2.50 bits per heavy atom. The van der Waals surface area contributed by atoms with Gasteiger partial charge in [-0.25, -0.2) is 5.43 Å². The topological polar surface area (TPSA) is 80.2 Å². The van der Waals surface area contributed by atoms with Gasteiger partial charge in [0.1, 0.15) is 5.75 Å². The van der Waals surface area contributed by atoms with Gasteiger partial charge in [0.25, 0.3) is 5.91 Å². The largest absolute Gasteiger partial charge is 0.504 e. The van der Waals surface area contributed by atoms with E-state index in [0.717, 1.165) is 4.47 Å². The average molecular weight is 449 g/mol. The minimum Gasteiger partial charge on any atom is -0.504 e. The van der Waals surface area contributed by atoms with Gasteiger partial charge in [0.2, 0.25) is 0 Å². The van der Waals surface area contributed by atoms with Crippen LogP contribution in [0, 0.1) is 0 Å². The molecule has 6 nitrogen and oxygen atoms in total. The Hall–Kier alpha value is -2.54. The number of nitrogens with zero attached hydrogens (tertiary/aromatic N) is 1. The summed E-state index contributed by atoms with van der Waals surface area (Å²) in [6.07, 6.45) is 1.35. The Morgan fingerprint density at radius 2 is 1.89 bits per heavy atom. The lowest BCUT2D eigenvalue weighted by Crippen LogP contribution is -2.24. The number of nitrogens with one attached hydrogen (secondary N) is 1. The molecule has 0 aromatic heterocycles. The first-order valence-corrected chi connectivity index (χ1v) is 9.70. The number of amides is 1. The molecule has 0 bridgehead atoms. The zero-order valence-corrected chi connectivity index (χ0v) is 18.0. The molecule has 0 aliphatic carbocycles. The number of carbonyl (C=O) groups excluding carboxylic acids is 1. The molecule has 0 heterocycles. The van der Waals surface area contributed by atoms with E-state index < -0.39 is 5.91 Å². The second-order valence-electron chi connectivity index (χ2n) is 7.13. The van der Waals surface area contributed by atoms with E-state index in [-0.39, 0.29) is 17.8 Å². The number of phenolic OH excluding ortho intramolecular Hbond substituents is 1. The predicted molar refractivity (Wildman–Crippen MR) is 113 cm³/mol. The van der Waals surface area contributed by atoms with E-state index in [4.69, 9.17) is 9.47 Å². The van der Waals surface area contributed by atoms with Crippen LogP contribution in [-0.2, 0) is 10.2 Å². The van der Waals surface area contributed by atoms with Crippen LogP contribution in [-0.4, -0.2) is 30.4 Å². The normalized spacial score (nSPS) is 11.5. The van der Waals surface area contributed by atoms with Crippen LogP contribution in [0.2, 0.25) is 0 Å². The van der Waals surface area contributed by atoms with Gasteiger partial charge < -0.3 is 14.6 Å². The van der Waals surface area contributed by atoms with Crippen LogP contribution in [0.4, 0.5) is 0 Å². The average Bonchev–Trinajstić information content (AvgIpc) is 2.63. The highest BCUT2D eigenvalue weighted by atomic mass is 79.9. The molecule has 28 heavy (non-hydrogen) atoms. The highest BCUT2D eigenvalue weighted by Gasteiger charge is 2.13. The smallest absolute Gasteiger partial charge is 0.277 e. The lowest BCUT2D eigenvalue weighted by atomic mass is 9.87. The second-order valence-corrected chi connectivity index (χ2v) is 8.05. The number of phenols is 1. The molecular formula is C21H25BrN2O4. The first-order valence-electron chi connectivity index (χ1n) is 8.91. The Bertz CT molecular complexity index is 843. The molecule has 2 N–H and O–H groups in total. The van der Waals surface area contributed by atoms with Gasteiger partial charge in [-0.3, -0.25) is 4.79 Å². The maximum absolute atomic E-state index is 11.9. The standard InChI is InChI=1S/C21H25BrN2O4/c1-5-27-18-11-16(22)10-14(20(18)26)12-23-24-19(25)13-28-17-8-6-15(7-9-17)21(2,3)4/h6-12,26H,5,13H2,1-4H3,(H,24,25)/b23-12-. The molecule has 0 saturated carbocycles. The molecule has 1 amide bonds. The molecule has 150 valence electrons. The van der Waals surface area contributed by atoms with Crippen molar-refractivity contribution in [2.75, 3.05) is 13.2 Å². The Balaban J connectivity index is 1.90. The Labute approximate surface area is 173 Å². The fraction of sp³-hybridized carbons (Fsp3) is 0.333. The third-order valence-electron chi connectivity index (χ3n) is 3.85.